The van der Waals surface area contributed by atoms with E-state index in [0.29, 0.717) is 0 Å². The van der Waals surface area contributed by atoms with Crippen molar-refractivity contribution < 1.29 is 0 Å². The van der Waals surface area contributed by atoms with Gasteiger partial charge in [0.1, 0.15) is 0 Å². The number of benzene rings is 5. The first-order valence-corrected chi connectivity index (χ1v) is 16.0. The number of aromatic nitrogens is 2. The maximum absolute atomic E-state index is 5.08. The Bertz CT molecular complexity index is 2090. The van der Waals surface area contributed by atoms with Crippen LogP contribution in [0.15, 0.2) is 134 Å². The van der Waals surface area contributed by atoms with Crippen molar-refractivity contribution in [1.29, 1.82) is 0 Å². The minimum absolute atomic E-state index is 0.100. The van der Waals surface area contributed by atoms with Crippen LogP contribution in [0.25, 0.3) is 21.8 Å². The highest BCUT2D eigenvalue weighted by molar-refractivity contribution is 6.05. The summed E-state index contributed by atoms with van der Waals surface area (Å²) in [5, 5.41) is 2.14. The second-order valence-corrected chi connectivity index (χ2v) is 13.6. The van der Waals surface area contributed by atoms with Gasteiger partial charge in [-0.3, -0.25) is 9.97 Å². The Morgan fingerprint density at radius 3 is 1.04 bits per heavy atom. The van der Waals surface area contributed by atoms with Crippen molar-refractivity contribution in [3.63, 3.8) is 0 Å². The smallest absolute Gasteiger partial charge is 0.0966 e. The fourth-order valence-corrected chi connectivity index (χ4v) is 7.91. The number of para-hydroxylation sites is 4. The minimum Gasteiger partial charge on any atom is -0.308 e. The summed E-state index contributed by atoms with van der Waals surface area (Å²) in [6.07, 6.45) is 4.00. The largest absolute Gasteiger partial charge is 0.308 e. The van der Waals surface area contributed by atoms with E-state index in [2.05, 4.69) is 159 Å². The van der Waals surface area contributed by atoms with Crippen LogP contribution >= 0.6 is 0 Å². The first-order valence-electron chi connectivity index (χ1n) is 16.0. The Labute approximate surface area is 269 Å². The number of nitrogens with zero attached hydrogens (tertiary/aromatic N) is 4. The monoisotopic (exact) mass is 594 g/mol. The van der Waals surface area contributed by atoms with Crippen molar-refractivity contribution in [1.82, 2.24) is 9.97 Å². The van der Waals surface area contributed by atoms with E-state index in [-0.39, 0.29) is 10.8 Å². The molecule has 222 valence electrons. The molecular weight excluding hydrogens is 560 g/mol. The molecule has 4 heterocycles. The van der Waals surface area contributed by atoms with E-state index in [0.717, 1.165) is 33.2 Å². The Morgan fingerprint density at radius 1 is 0.413 bits per heavy atom. The molecule has 0 atom stereocenters. The molecule has 2 aliphatic rings. The van der Waals surface area contributed by atoms with Crippen molar-refractivity contribution in [3.8, 4) is 0 Å². The van der Waals surface area contributed by atoms with Crippen molar-refractivity contribution in [2.45, 2.75) is 38.5 Å². The van der Waals surface area contributed by atoms with Crippen LogP contribution in [-0.4, -0.2) is 9.97 Å². The van der Waals surface area contributed by atoms with Gasteiger partial charge in [0, 0.05) is 21.6 Å². The van der Waals surface area contributed by atoms with E-state index in [4.69, 9.17) is 9.97 Å². The molecule has 4 nitrogen and oxygen atoms in total. The maximum atomic E-state index is 5.08. The second kappa shape index (κ2) is 9.51. The van der Waals surface area contributed by atoms with E-state index >= 15 is 0 Å². The van der Waals surface area contributed by atoms with E-state index in [1.165, 1.54) is 45.0 Å². The van der Waals surface area contributed by atoms with Gasteiger partial charge >= 0.3 is 0 Å². The Kier molecular flexibility index (Phi) is 5.56. The normalized spacial score (nSPS) is 15.7. The van der Waals surface area contributed by atoms with Crippen LogP contribution in [0.1, 0.15) is 49.9 Å². The molecule has 7 aromatic rings. The minimum atomic E-state index is -0.100. The first kappa shape index (κ1) is 26.9. The molecule has 0 aliphatic carbocycles. The number of hydrogen-bond donors (Lipinski definition) is 0. The lowest BCUT2D eigenvalue weighted by Crippen LogP contribution is -2.30. The average molecular weight is 595 g/mol. The Morgan fingerprint density at radius 2 is 0.717 bits per heavy atom. The molecule has 0 radical (unpaired) electrons. The summed E-state index contributed by atoms with van der Waals surface area (Å²) in [6, 6.07) is 43.8. The van der Waals surface area contributed by atoms with Crippen LogP contribution in [0.4, 0.5) is 34.1 Å². The summed E-state index contributed by atoms with van der Waals surface area (Å²) in [5.41, 5.74) is 13.7. The average Bonchev–Trinajstić information content (AvgIpc) is 3.08. The summed E-state index contributed by atoms with van der Waals surface area (Å²) in [4.78, 5) is 14.9. The van der Waals surface area contributed by atoms with Crippen LogP contribution in [0.3, 0.4) is 0 Å². The van der Waals surface area contributed by atoms with Crippen LogP contribution < -0.4 is 9.80 Å². The molecule has 0 N–H and O–H groups in total. The molecule has 0 amide bonds. The van der Waals surface area contributed by atoms with Crippen LogP contribution in [0.2, 0.25) is 0 Å². The predicted octanol–water partition coefficient (Wildman–Crippen LogP) is 11.0. The second-order valence-electron chi connectivity index (χ2n) is 13.6. The molecule has 5 aromatic carbocycles. The molecule has 0 saturated heterocycles. The standard InChI is InChI=1S/C42H34N4/c1-41(2)31-13-5-9-17-35(31)45(36-18-10-6-14-32(36)41)29-23-27-21-22-28-24-30(26-44-40(28)39(27)43-25-29)46-37-19-11-7-15-33(37)42(3,4)34-16-8-12-20-38(34)46/h5-26H,1-4H3. The number of hydrogen-bond acceptors (Lipinski definition) is 4. The van der Waals surface area contributed by atoms with Gasteiger partial charge in [-0.15, -0.1) is 0 Å². The molecule has 2 aromatic heterocycles. The molecule has 0 spiro atoms. The lowest BCUT2D eigenvalue weighted by atomic mass is 9.73. The molecule has 4 heteroatoms. The highest BCUT2D eigenvalue weighted by atomic mass is 15.2. The van der Waals surface area contributed by atoms with Gasteiger partial charge in [0.2, 0.25) is 0 Å². The molecule has 46 heavy (non-hydrogen) atoms. The molecule has 0 unspecified atom stereocenters. The molecular formula is C42H34N4. The van der Waals surface area contributed by atoms with E-state index in [1.54, 1.807) is 0 Å². The van der Waals surface area contributed by atoms with Crippen LogP contribution in [-0.2, 0) is 10.8 Å². The van der Waals surface area contributed by atoms with Crippen molar-refractivity contribution in [2.75, 3.05) is 9.80 Å². The van der Waals surface area contributed by atoms with Crippen molar-refractivity contribution >= 4 is 55.9 Å². The molecule has 2 aliphatic heterocycles. The summed E-state index contributed by atoms with van der Waals surface area (Å²) in [6.45, 7) is 9.26. The summed E-state index contributed by atoms with van der Waals surface area (Å²) in [7, 11) is 0. The van der Waals surface area contributed by atoms with Gasteiger partial charge in [-0.05, 0) is 58.7 Å². The zero-order valence-electron chi connectivity index (χ0n) is 26.5. The van der Waals surface area contributed by atoms with Gasteiger partial charge < -0.3 is 9.80 Å². The maximum Gasteiger partial charge on any atom is 0.0966 e. The highest BCUT2D eigenvalue weighted by Gasteiger charge is 2.38. The Balaban J connectivity index is 1.18. The third kappa shape index (κ3) is 3.67. The topological polar surface area (TPSA) is 32.3 Å². The lowest BCUT2D eigenvalue weighted by molar-refractivity contribution is 0.631. The first-order chi connectivity index (χ1) is 22.3. The number of pyridine rings is 2. The third-order valence-electron chi connectivity index (χ3n) is 10.3. The molecule has 9 rings (SSSR count). The molecule has 0 saturated carbocycles. The van der Waals surface area contributed by atoms with Gasteiger partial charge in [-0.25, -0.2) is 0 Å². The molecule has 0 fully saturated rings. The van der Waals surface area contributed by atoms with Crippen molar-refractivity contribution in [2.24, 2.45) is 0 Å². The van der Waals surface area contributed by atoms with Gasteiger partial charge in [0.15, 0.2) is 0 Å². The van der Waals surface area contributed by atoms with Crippen LogP contribution in [0, 0.1) is 0 Å². The third-order valence-corrected chi connectivity index (χ3v) is 10.3. The lowest BCUT2D eigenvalue weighted by Gasteiger charge is -2.42. The predicted molar refractivity (Wildman–Crippen MR) is 191 cm³/mol. The summed E-state index contributed by atoms with van der Waals surface area (Å²) in [5.74, 6) is 0. The fourth-order valence-electron chi connectivity index (χ4n) is 7.91. The van der Waals surface area contributed by atoms with Gasteiger partial charge in [0.05, 0.1) is 57.6 Å². The van der Waals surface area contributed by atoms with E-state index < -0.39 is 0 Å². The zero-order valence-corrected chi connectivity index (χ0v) is 26.5. The zero-order chi connectivity index (χ0) is 31.2. The van der Waals surface area contributed by atoms with E-state index in [9.17, 15) is 0 Å². The molecule has 0 bridgehead atoms. The van der Waals surface area contributed by atoms with Crippen LogP contribution in [0.5, 0.6) is 0 Å². The SMILES string of the molecule is CC1(C)c2ccccc2N(c2cnc3c(ccc4cc(N5c6ccccc6C(C)(C)c6ccccc65)cnc43)c2)c2ccccc21. The van der Waals surface area contributed by atoms with Crippen molar-refractivity contribution in [3.05, 3.63) is 156 Å². The Hall–Kier alpha value is -5.48. The highest BCUT2D eigenvalue weighted by Crippen LogP contribution is 2.53. The summed E-state index contributed by atoms with van der Waals surface area (Å²) >= 11 is 0. The number of rotatable bonds is 2. The summed E-state index contributed by atoms with van der Waals surface area (Å²) < 4.78 is 0. The van der Waals surface area contributed by atoms with Gasteiger partial charge in [-0.2, -0.15) is 0 Å². The van der Waals surface area contributed by atoms with Gasteiger partial charge in [-0.1, -0.05) is 113 Å². The quantitative estimate of drug-likeness (QED) is 0.186. The fraction of sp³-hybridized carbons (Fsp3) is 0.143. The van der Waals surface area contributed by atoms with E-state index in [1.807, 2.05) is 12.4 Å². The number of anilines is 6. The van der Waals surface area contributed by atoms with Gasteiger partial charge in [0.25, 0.3) is 0 Å². The number of fused-ring (bicyclic) bond motifs is 7.